The highest BCUT2D eigenvalue weighted by Crippen LogP contribution is 2.24. The van der Waals surface area contributed by atoms with Gasteiger partial charge in [0.15, 0.2) is 6.61 Å². The van der Waals surface area contributed by atoms with Crippen LogP contribution in [0.5, 0.6) is 5.75 Å². The predicted octanol–water partition coefficient (Wildman–Crippen LogP) is 4.96. The van der Waals surface area contributed by atoms with Crippen LogP contribution in [0.25, 0.3) is 0 Å². The molecule has 0 radical (unpaired) electrons. The Balaban J connectivity index is 1.44. The number of aromatic nitrogens is 1. The van der Waals surface area contributed by atoms with Crippen molar-refractivity contribution in [1.29, 1.82) is 0 Å². The lowest BCUT2D eigenvalue weighted by Gasteiger charge is -2.17. The summed E-state index contributed by atoms with van der Waals surface area (Å²) in [7, 11) is 1.68. The topological polar surface area (TPSA) is 68.7 Å². The third-order valence-corrected chi connectivity index (χ3v) is 6.42. The lowest BCUT2D eigenvalue weighted by atomic mass is 10.2. The number of thiazole rings is 1. The maximum absolute atomic E-state index is 12.3. The van der Waals surface area contributed by atoms with Gasteiger partial charge < -0.3 is 14.4 Å². The zero-order valence-corrected chi connectivity index (χ0v) is 20.0. The van der Waals surface area contributed by atoms with Gasteiger partial charge in [0.25, 0.3) is 5.91 Å². The summed E-state index contributed by atoms with van der Waals surface area (Å²) in [6, 6.07) is 14.7. The van der Waals surface area contributed by atoms with E-state index in [-0.39, 0.29) is 12.5 Å². The van der Waals surface area contributed by atoms with E-state index in [4.69, 9.17) is 9.47 Å². The van der Waals surface area contributed by atoms with Crippen LogP contribution in [0.15, 0.2) is 58.8 Å². The summed E-state index contributed by atoms with van der Waals surface area (Å²) in [4.78, 5) is 31.7. The van der Waals surface area contributed by atoms with Crippen LogP contribution in [0, 0.1) is 6.92 Å². The third kappa shape index (κ3) is 7.10. The summed E-state index contributed by atoms with van der Waals surface area (Å²) >= 11 is 3.29. The normalized spacial score (nSPS) is 10.6. The second-order valence-corrected chi connectivity index (χ2v) is 9.18. The molecule has 32 heavy (non-hydrogen) atoms. The van der Waals surface area contributed by atoms with E-state index in [0.717, 1.165) is 32.7 Å². The molecule has 0 N–H and O–H groups in total. The van der Waals surface area contributed by atoms with Gasteiger partial charge in [-0.3, -0.25) is 4.79 Å². The molecule has 0 aliphatic heterocycles. The van der Waals surface area contributed by atoms with Gasteiger partial charge in [0.05, 0.1) is 22.9 Å². The number of carbonyl (C=O) groups excluding carboxylic acids is 2. The highest BCUT2D eigenvalue weighted by atomic mass is 32.2. The SMILES string of the molecule is CCOc1ccc(CN(C)C(=O)COC(=O)c2ccc(SCc3csc(C)n3)cc2)cc1. The van der Waals surface area contributed by atoms with Crippen molar-refractivity contribution in [2.24, 2.45) is 0 Å². The molecule has 0 saturated heterocycles. The minimum absolute atomic E-state index is 0.266. The Kier molecular flexibility index (Phi) is 8.70. The summed E-state index contributed by atoms with van der Waals surface area (Å²) in [5.74, 6) is 0.794. The Labute approximate surface area is 196 Å². The summed E-state index contributed by atoms with van der Waals surface area (Å²) in [6.07, 6.45) is 0. The lowest BCUT2D eigenvalue weighted by molar-refractivity contribution is -0.133. The van der Waals surface area contributed by atoms with Crippen LogP contribution in [-0.4, -0.2) is 42.0 Å². The maximum Gasteiger partial charge on any atom is 0.338 e. The van der Waals surface area contributed by atoms with Crippen LogP contribution >= 0.6 is 23.1 Å². The number of esters is 1. The van der Waals surface area contributed by atoms with E-state index in [2.05, 4.69) is 10.4 Å². The van der Waals surface area contributed by atoms with E-state index in [9.17, 15) is 9.59 Å². The summed E-state index contributed by atoms with van der Waals surface area (Å²) in [5.41, 5.74) is 2.44. The van der Waals surface area contributed by atoms with Gasteiger partial charge in [0, 0.05) is 29.6 Å². The van der Waals surface area contributed by atoms with E-state index in [0.29, 0.717) is 18.7 Å². The number of likely N-dealkylation sites (N-methyl/N-ethyl adjacent to an activating group) is 1. The molecule has 3 rings (SSSR count). The average Bonchev–Trinajstić information content (AvgIpc) is 3.22. The van der Waals surface area contributed by atoms with Crippen molar-refractivity contribution in [3.8, 4) is 5.75 Å². The van der Waals surface area contributed by atoms with Crippen molar-refractivity contribution in [3.63, 3.8) is 0 Å². The molecule has 168 valence electrons. The Morgan fingerprint density at radius 2 is 1.81 bits per heavy atom. The number of nitrogens with zero attached hydrogens (tertiary/aromatic N) is 2. The van der Waals surface area contributed by atoms with Gasteiger partial charge in [0.1, 0.15) is 5.75 Å². The van der Waals surface area contributed by atoms with Gasteiger partial charge in [0.2, 0.25) is 0 Å². The van der Waals surface area contributed by atoms with Gasteiger partial charge in [-0.05, 0) is 55.8 Å². The first-order valence-electron chi connectivity index (χ1n) is 10.2. The van der Waals surface area contributed by atoms with Crippen LogP contribution in [0.4, 0.5) is 0 Å². The molecule has 3 aromatic rings. The maximum atomic E-state index is 12.3. The molecule has 1 aromatic heterocycles. The molecule has 1 heterocycles. The van der Waals surface area contributed by atoms with E-state index in [1.165, 1.54) is 4.90 Å². The zero-order valence-electron chi connectivity index (χ0n) is 18.4. The predicted molar refractivity (Wildman–Crippen MR) is 127 cm³/mol. The number of amides is 1. The second kappa shape index (κ2) is 11.7. The van der Waals surface area contributed by atoms with Crippen molar-refractivity contribution in [2.75, 3.05) is 20.3 Å². The van der Waals surface area contributed by atoms with E-state index < -0.39 is 5.97 Å². The van der Waals surface area contributed by atoms with E-state index >= 15 is 0 Å². The van der Waals surface area contributed by atoms with Crippen LogP contribution in [0.2, 0.25) is 0 Å². The molecule has 0 saturated carbocycles. The van der Waals surface area contributed by atoms with Crippen LogP contribution in [0.1, 0.15) is 33.5 Å². The van der Waals surface area contributed by atoms with Crippen LogP contribution in [-0.2, 0) is 21.8 Å². The standard InChI is InChI=1S/C24H26N2O4S2/c1-4-29-21-9-5-18(6-10-21)13-26(3)23(27)14-30-24(28)19-7-11-22(12-8-19)32-16-20-15-31-17(2)25-20/h5-12,15H,4,13-14,16H2,1-3H3. The van der Waals surface area contributed by atoms with Crippen molar-refractivity contribution in [1.82, 2.24) is 9.88 Å². The average molecular weight is 471 g/mol. The molecular formula is C24H26N2O4S2. The number of ether oxygens (including phenoxy) is 2. The molecule has 0 aliphatic rings. The first-order valence-corrected chi connectivity index (χ1v) is 12.1. The Morgan fingerprint density at radius 3 is 2.44 bits per heavy atom. The monoisotopic (exact) mass is 470 g/mol. The molecule has 0 fully saturated rings. The highest BCUT2D eigenvalue weighted by Gasteiger charge is 2.14. The Hall–Kier alpha value is -2.84. The van der Waals surface area contributed by atoms with Crippen molar-refractivity contribution in [3.05, 3.63) is 75.7 Å². The first-order chi connectivity index (χ1) is 15.4. The van der Waals surface area contributed by atoms with E-state index in [1.807, 2.05) is 50.2 Å². The molecule has 0 spiro atoms. The molecule has 0 bridgehead atoms. The lowest BCUT2D eigenvalue weighted by Crippen LogP contribution is -2.30. The number of carbonyl (C=O) groups is 2. The summed E-state index contributed by atoms with van der Waals surface area (Å²) in [5, 5.41) is 3.11. The molecule has 8 heteroatoms. The molecule has 2 aromatic carbocycles. The molecule has 0 aliphatic carbocycles. The molecule has 0 atom stereocenters. The van der Waals surface area contributed by atoms with Gasteiger partial charge in [-0.1, -0.05) is 12.1 Å². The van der Waals surface area contributed by atoms with Gasteiger partial charge in [-0.2, -0.15) is 0 Å². The van der Waals surface area contributed by atoms with Gasteiger partial charge >= 0.3 is 5.97 Å². The zero-order chi connectivity index (χ0) is 22.9. The third-order valence-electron chi connectivity index (χ3n) is 4.55. The second-order valence-electron chi connectivity index (χ2n) is 7.07. The Morgan fingerprint density at radius 1 is 1.09 bits per heavy atom. The molecule has 0 unspecified atom stereocenters. The number of rotatable bonds is 10. The quantitative estimate of drug-likeness (QED) is 0.308. The number of hydrogen-bond donors (Lipinski definition) is 0. The summed E-state index contributed by atoms with van der Waals surface area (Å²) in [6.45, 7) is 4.65. The smallest absolute Gasteiger partial charge is 0.338 e. The van der Waals surface area contributed by atoms with Gasteiger partial charge in [-0.25, -0.2) is 9.78 Å². The largest absolute Gasteiger partial charge is 0.494 e. The fraction of sp³-hybridized carbons (Fsp3) is 0.292. The van der Waals surface area contributed by atoms with Crippen molar-refractivity contribution < 1.29 is 19.1 Å². The minimum atomic E-state index is -0.514. The van der Waals surface area contributed by atoms with Crippen molar-refractivity contribution >= 4 is 35.0 Å². The minimum Gasteiger partial charge on any atom is -0.494 e. The fourth-order valence-corrected chi connectivity index (χ4v) is 4.37. The van der Waals surface area contributed by atoms with Crippen LogP contribution < -0.4 is 4.74 Å². The van der Waals surface area contributed by atoms with Crippen molar-refractivity contribution in [2.45, 2.75) is 31.0 Å². The number of aryl methyl sites for hydroxylation is 1. The Bertz CT molecular complexity index is 1030. The van der Waals surface area contributed by atoms with E-state index in [1.54, 1.807) is 42.3 Å². The molecule has 1 amide bonds. The molecule has 6 nitrogen and oxygen atoms in total. The van der Waals surface area contributed by atoms with Crippen LogP contribution in [0.3, 0.4) is 0 Å². The number of benzene rings is 2. The van der Waals surface area contributed by atoms with Gasteiger partial charge in [-0.15, -0.1) is 23.1 Å². The fourth-order valence-electron chi connectivity index (χ4n) is 2.86. The first kappa shape index (κ1) is 23.8. The molecular weight excluding hydrogens is 444 g/mol. The summed E-state index contributed by atoms with van der Waals surface area (Å²) < 4.78 is 10.6. The number of thioether (sulfide) groups is 1. The number of hydrogen-bond acceptors (Lipinski definition) is 7. The highest BCUT2D eigenvalue weighted by molar-refractivity contribution is 7.98.